The second-order valence-electron chi connectivity index (χ2n) is 8.84. The monoisotopic (exact) mass is 396 g/mol. The average molecular weight is 397 g/mol. The van der Waals surface area contributed by atoms with Gasteiger partial charge in [0.25, 0.3) is 0 Å². The van der Waals surface area contributed by atoms with E-state index in [4.69, 9.17) is 9.72 Å². The van der Waals surface area contributed by atoms with Gasteiger partial charge in [0.2, 0.25) is 5.95 Å². The molecule has 3 aliphatic rings. The Hall–Kier alpha value is -1.99. The highest BCUT2D eigenvalue weighted by atomic mass is 16.5. The number of hydrogen-bond acceptors (Lipinski definition) is 6. The van der Waals surface area contributed by atoms with Gasteiger partial charge in [0.15, 0.2) is 0 Å². The lowest BCUT2D eigenvalue weighted by Gasteiger charge is -2.38. The third kappa shape index (κ3) is 4.46. The lowest BCUT2D eigenvalue weighted by Crippen LogP contribution is -2.46. The molecular weight excluding hydrogens is 364 g/mol. The van der Waals surface area contributed by atoms with Crippen LogP contribution in [0.4, 0.5) is 5.95 Å². The summed E-state index contributed by atoms with van der Waals surface area (Å²) in [5.41, 5.74) is 3.43. The standard InChI is InChI=1S/C22H32N6O/c1-27-21(14-16-2-3-16)19(15-24-27)20-8-9-23-22(26-20)25-17-4-6-18(7-5-17)28-10-12-29-13-11-28/h8-9,15-18H,2-7,10-14H2,1H3,(H,23,25,26). The fraction of sp³-hybridized carbons (Fsp3) is 0.682. The number of morpholine rings is 1. The van der Waals surface area contributed by atoms with E-state index < -0.39 is 0 Å². The topological polar surface area (TPSA) is 68.1 Å². The van der Waals surface area contributed by atoms with Crippen molar-refractivity contribution in [3.63, 3.8) is 0 Å². The molecule has 2 saturated carbocycles. The molecule has 0 aromatic carbocycles. The fourth-order valence-electron chi connectivity index (χ4n) is 4.80. The van der Waals surface area contributed by atoms with Gasteiger partial charge in [0.1, 0.15) is 0 Å². The van der Waals surface area contributed by atoms with Gasteiger partial charge in [-0.2, -0.15) is 5.10 Å². The van der Waals surface area contributed by atoms with Crippen LogP contribution in [0, 0.1) is 5.92 Å². The zero-order chi connectivity index (χ0) is 19.6. The molecule has 7 nitrogen and oxygen atoms in total. The molecule has 0 amide bonds. The van der Waals surface area contributed by atoms with Gasteiger partial charge in [0.05, 0.1) is 25.1 Å². The van der Waals surface area contributed by atoms with E-state index in [1.54, 1.807) is 0 Å². The smallest absolute Gasteiger partial charge is 0.223 e. The quantitative estimate of drug-likeness (QED) is 0.810. The Kier molecular flexibility index (Phi) is 5.50. The van der Waals surface area contributed by atoms with Crippen LogP contribution in [0.15, 0.2) is 18.5 Å². The first-order chi connectivity index (χ1) is 14.3. The molecule has 1 saturated heterocycles. The van der Waals surface area contributed by atoms with E-state index >= 15 is 0 Å². The highest BCUT2D eigenvalue weighted by Crippen LogP contribution is 2.35. The highest BCUT2D eigenvalue weighted by molar-refractivity contribution is 5.62. The molecule has 0 unspecified atom stereocenters. The maximum atomic E-state index is 5.50. The molecule has 7 heteroatoms. The molecule has 2 aromatic rings. The van der Waals surface area contributed by atoms with Gasteiger partial charge in [-0.3, -0.25) is 9.58 Å². The van der Waals surface area contributed by atoms with Crippen molar-refractivity contribution >= 4 is 5.95 Å². The summed E-state index contributed by atoms with van der Waals surface area (Å²) < 4.78 is 7.51. The number of nitrogens with one attached hydrogen (secondary N) is 1. The molecule has 1 aliphatic heterocycles. The number of hydrogen-bond donors (Lipinski definition) is 1. The third-order valence-electron chi connectivity index (χ3n) is 6.76. The van der Waals surface area contributed by atoms with E-state index in [0.717, 1.165) is 55.8 Å². The largest absolute Gasteiger partial charge is 0.379 e. The molecule has 3 heterocycles. The van der Waals surface area contributed by atoms with Gasteiger partial charge in [-0.25, -0.2) is 9.97 Å². The first kappa shape index (κ1) is 19.0. The van der Waals surface area contributed by atoms with E-state index in [2.05, 4.69) is 20.3 Å². The van der Waals surface area contributed by atoms with Crippen molar-refractivity contribution in [2.24, 2.45) is 13.0 Å². The lowest BCUT2D eigenvalue weighted by molar-refractivity contribution is 0.00790. The van der Waals surface area contributed by atoms with Crippen LogP contribution >= 0.6 is 0 Å². The summed E-state index contributed by atoms with van der Waals surface area (Å²) in [5.74, 6) is 1.57. The van der Waals surface area contributed by atoms with E-state index in [1.165, 1.54) is 44.2 Å². The fourth-order valence-corrected chi connectivity index (χ4v) is 4.80. The second kappa shape index (κ2) is 8.40. The van der Waals surface area contributed by atoms with Crippen molar-refractivity contribution in [1.82, 2.24) is 24.6 Å². The zero-order valence-electron chi connectivity index (χ0n) is 17.4. The molecule has 0 spiro atoms. The summed E-state index contributed by atoms with van der Waals surface area (Å²) in [6.07, 6.45) is 12.4. The number of nitrogens with zero attached hydrogens (tertiary/aromatic N) is 5. The average Bonchev–Trinajstić information content (AvgIpc) is 3.51. The number of anilines is 1. The lowest BCUT2D eigenvalue weighted by atomic mass is 9.90. The Morgan fingerprint density at radius 1 is 1.10 bits per heavy atom. The highest BCUT2D eigenvalue weighted by Gasteiger charge is 2.28. The van der Waals surface area contributed by atoms with Crippen molar-refractivity contribution < 1.29 is 4.74 Å². The van der Waals surface area contributed by atoms with Gasteiger partial charge in [-0.1, -0.05) is 0 Å². The molecule has 29 heavy (non-hydrogen) atoms. The zero-order valence-corrected chi connectivity index (χ0v) is 17.4. The number of rotatable bonds is 6. The third-order valence-corrected chi connectivity index (χ3v) is 6.76. The molecule has 156 valence electrons. The molecule has 1 N–H and O–H groups in total. The van der Waals surface area contributed by atoms with Gasteiger partial charge < -0.3 is 10.1 Å². The minimum atomic E-state index is 0.461. The van der Waals surface area contributed by atoms with E-state index in [9.17, 15) is 0 Å². The Balaban J connectivity index is 1.22. The Bertz CT molecular complexity index is 818. The normalized spacial score (nSPS) is 25.8. The van der Waals surface area contributed by atoms with Crippen molar-refractivity contribution in [2.45, 2.75) is 57.0 Å². The summed E-state index contributed by atoms with van der Waals surface area (Å²) in [6, 6.07) is 3.18. The number of aryl methyl sites for hydroxylation is 1. The van der Waals surface area contributed by atoms with Crippen LogP contribution in [0.2, 0.25) is 0 Å². The Morgan fingerprint density at radius 3 is 2.66 bits per heavy atom. The van der Waals surface area contributed by atoms with Crippen LogP contribution < -0.4 is 5.32 Å². The van der Waals surface area contributed by atoms with E-state index in [1.807, 2.05) is 30.2 Å². The summed E-state index contributed by atoms with van der Waals surface area (Å²) >= 11 is 0. The molecule has 0 atom stereocenters. The van der Waals surface area contributed by atoms with Crippen LogP contribution in [0.3, 0.4) is 0 Å². The predicted octanol–water partition coefficient (Wildman–Crippen LogP) is 2.88. The van der Waals surface area contributed by atoms with E-state index in [0.29, 0.717) is 12.1 Å². The Morgan fingerprint density at radius 2 is 1.90 bits per heavy atom. The van der Waals surface area contributed by atoms with Crippen molar-refractivity contribution in [3.8, 4) is 11.3 Å². The maximum Gasteiger partial charge on any atom is 0.223 e. The first-order valence-corrected chi connectivity index (χ1v) is 11.2. The van der Waals surface area contributed by atoms with Crippen molar-refractivity contribution in [1.29, 1.82) is 0 Å². The van der Waals surface area contributed by atoms with Gasteiger partial charge in [-0.05, 0) is 56.9 Å². The molecular formula is C22H32N6O. The van der Waals surface area contributed by atoms with Gasteiger partial charge in [0, 0.05) is 49.7 Å². The Labute approximate surface area is 172 Å². The second-order valence-corrected chi connectivity index (χ2v) is 8.84. The first-order valence-electron chi connectivity index (χ1n) is 11.2. The number of ether oxygens (including phenoxy) is 1. The van der Waals surface area contributed by atoms with Crippen molar-refractivity contribution in [3.05, 3.63) is 24.2 Å². The van der Waals surface area contributed by atoms with Crippen molar-refractivity contribution in [2.75, 3.05) is 31.6 Å². The molecule has 3 fully saturated rings. The summed E-state index contributed by atoms with van der Waals surface area (Å²) in [5, 5.41) is 8.10. The molecule has 2 aliphatic carbocycles. The van der Waals surface area contributed by atoms with Gasteiger partial charge >= 0.3 is 0 Å². The molecule has 5 rings (SSSR count). The van der Waals surface area contributed by atoms with Crippen LogP contribution in [0.5, 0.6) is 0 Å². The van der Waals surface area contributed by atoms with Crippen LogP contribution in [0.1, 0.15) is 44.2 Å². The molecule has 2 aromatic heterocycles. The van der Waals surface area contributed by atoms with Gasteiger partial charge in [-0.15, -0.1) is 0 Å². The van der Waals surface area contributed by atoms with Crippen LogP contribution in [-0.2, 0) is 18.2 Å². The van der Waals surface area contributed by atoms with Crippen LogP contribution in [0.25, 0.3) is 11.3 Å². The van der Waals surface area contributed by atoms with E-state index in [-0.39, 0.29) is 0 Å². The SMILES string of the molecule is Cn1ncc(-c2ccnc(NC3CCC(N4CCOCC4)CC3)n2)c1CC1CC1. The minimum Gasteiger partial charge on any atom is -0.379 e. The predicted molar refractivity (Wildman–Crippen MR) is 113 cm³/mol. The summed E-state index contributed by atoms with van der Waals surface area (Å²) in [4.78, 5) is 12.0. The minimum absolute atomic E-state index is 0.461. The maximum absolute atomic E-state index is 5.50. The number of aromatic nitrogens is 4. The summed E-state index contributed by atoms with van der Waals surface area (Å²) in [6.45, 7) is 3.94. The molecule has 0 bridgehead atoms. The van der Waals surface area contributed by atoms with Crippen LogP contribution in [-0.4, -0.2) is 63.0 Å². The summed E-state index contributed by atoms with van der Waals surface area (Å²) in [7, 11) is 2.04. The molecule has 0 radical (unpaired) electrons.